The second-order valence-corrected chi connectivity index (χ2v) is 7.37. The van der Waals surface area contributed by atoms with Gasteiger partial charge in [0, 0.05) is 5.92 Å². The Morgan fingerprint density at radius 3 is 2.56 bits per heavy atom. The van der Waals surface area contributed by atoms with E-state index in [-0.39, 0.29) is 16.5 Å². The number of para-hydroxylation sites is 1. The molecule has 1 atom stereocenters. The Hall–Kier alpha value is -2.13. The van der Waals surface area contributed by atoms with Gasteiger partial charge in [-0.1, -0.05) is 24.3 Å². The first-order chi connectivity index (χ1) is 11.7. The highest BCUT2D eigenvalue weighted by atomic mass is 32.2. The second kappa shape index (κ2) is 6.30. The smallest absolute Gasteiger partial charge is 0.235 e. The van der Waals surface area contributed by atoms with Crippen molar-refractivity contribution in [2.75, 3.05) is 0 Å². The fourth-order valence-corrected chi connectivity index (χ4v) is 3.64. The van der Waals surface area contributed by atoms with Crippen LogP contribution in [0, 0.1) is 0 Å². The number of primary sulfonamides is 1. The predicted molar refractivity (Wildman–Crippen MR) is 85.7 cm³/mol. The molecule has 5 nitrogen and oxygen atoms in total. The van der Waals surface area contributed by atoms with Crippen LogP contribution in [-0.4, -0.2) is 18.2 Å². The van der Waals surface area contributed by atoms with E-state index in [1.807, 2.05) is 12.2 Å². The topological polar surface area (TPSA) is 78.0 Å². The predicted octanol–water partition coefficient (Wildman–Crippen LogP) is 3.36. The highest BCUT2D eigenvalue weighted by molar-refractivity contribution is 7.89. The maximum atomic E-state index is 13.2. The number of hydrogen-bond acceptors (Lipinski definition) is 3. The lowest BCUT2D eigenvalue weighted by molar-refractivity contribution is -0.141. The van der Waals surface area contributed by atoms with Crippen molar-refractivity contribution >= 4 is 10.0 Å². The number of benzene rings is 1. The number of nitrogens with two attached hydrogens (primary N) is 1. The summed E-state index contributed by atoms with van der Waals surface area (Å²) in [5.74, 6) is -0.272. The third kappa shape index (κ3) is 3.62. The summed E-state index contributed by atoms with van der Waals surface area (Å²) < 4.78 is 64.2. The Bertz CT molecular complexity index is 917. The number of allylic oxidation sites excluding steroid dienone is 2. The van der Waals surface area contributed by atoms with Crippen molar-refractivity contribution in [1.29, 1.82) is 0 Å². The van der Waals surface area contributed by atoms with Crippen LogP contribution >= 0.6 is 0 Å². The van der Waals surface area contributed by atoms with Crippen LogP contribution in [0.4, 0.5) is 13.2 Å². The molecule has 0 aliphatic heterocycles. The van der Waals surface area contributed by atoms with Gasteiger partial charge in [0.2, 0.25) is 10.0 Å². The first kappa shape index (κ1) is 17.7. The van der Waals surface area contributed by atoms with Gasteiger partial charge in [-0.25, -0.2) is 18.2 Å². The summed E-state index contributed by atoms with van der Waals surface area (Å²) in [6.07, 6.45) is 1.47. The van der Waals surface area contributed by atoms with E-state index in [9.17, 15) is 21.6 Å². The third-order valence-corrected chi connectivity index (χ3v) is 5.02. The molecule has 134 valence electrons. The van der Waals surface area contributed by atoms with Crippen molar-refractivity contribution < 1.29 is 21.6 Å². The standard InChI is InChI=1S/C16H16F3N3O2S/c17-16(18,19)15-10-13(11-6-2-1-3-7-11)22(21-15)12-8-4-5-9-14(12)25(20,23)24/h2,4-6,8-11H,1,3,7H2,(H2,20,23,24). The van der Waals surface area contributed by atoms with Gasteiger partial charge in [0.15, 0.2) is 5.69 Å². The molecule has 1 aromatic carbocycles. The van der Waals surface area contributed by atoms with Gasteiger partial charge in [-0.15, -0.1) is 0 Å². The van der Waals surface area contributed by atoms with Gasteiger partial charge >= 0.3 is 6.18 Å². The Morgan fingerprint density at radius 1 is 1.24 bits per heavy atom. The van der Waals surface area contributed by atoms with Crippen LogP contribution in [0.2, 0.25) is 0 Å². The van der Waals surface area contributed by atoms with Crippen LogP contribution in [0.15, 0.2) is 47.4 Å². The van der Waals surface area contributed by atoms with Crippen LogP contribution < -0.4 is 5.14 Å². The number of sulfonamides is 1. The lowest BCUT2D eigenvalue weighted by Crippen LogP contribution is -2.17. The molecule has 0 saturated carbocycles. The van der Waals surface area contributed by atoms with Crippen molar-refractivity contribution in [3.05, 3.63) is 53.9 Å². The van der Waals surface area contributed by atoms with E-state index in [0.717, 1.165) is 23.6 Å². The molecule has 2 aromatic rings. The molecule has 2 N–H and O–H groups in total. The monoisotopic (exact) mass is 371 g/mol. The van der Waals surface area contributed by atoms with Crippen molar-refractivity contribution in [2.45, 2.75) is 36.3 Å². The largest absolute Gasteiger partial charge is 0.435 e. The molecule has 1 unspecified atom stereocenters. The Morgan fingerprint density at radius 2 is 1.96 bits per heavy atom. The van der Waals surface area contributed by atoms with Crippen molar-refractivity contribution in [1.82, 2.24) is 9.78 Å². The minimum Gasteiger partial charge on any atom is -0.235 e. The summed E-state index contributed by atoms with van der Waals surface area (Å²) in [5.41, 5.74) is -0.764. The highest BCUT2D eigenvalue weighted by Crippen LogP contribution is 2.35. The van der Waals surface area contributed by atoms with Gasteiger partial charge in [-0.05, 0) is 37.5 Å². The van der Waals surface area contributed by atoms with Crippen LogP contribution in [0.1, 0.15) is 36.6 Å². The maximum Gasteiger partial charge on any atom is 0.435 e. The second-order valence-electron chi connectivity index (χ2n) is 5.84. The minimum atomic E-state index is -4.63. The maximum absolute atomic E-state index is 13.2. The van der Waals surface area contributed by atoms with E-state index in [0.29, 0.717) is 12.1 Å². The summed E-state index contributed by atoms with van der Waals surface area (Å²) in [5, 5.41) is 8.85. The average Bonchev–Trinajstić information content (AvgIpc) is 3.00. The van der Waals surface area contributed by atoms with Gasteiger partial charge < -0.3 is 0 Å². The molecule has 1 aliphatic carbocycles. The summed E-state index contributed by atoms with van der Waals surface area (Å²) in [6.45, 7) is 0. The summed E-state index contributed by atoms with van der Waals surface area (Å²) in [7, 11) is -4.12. The van der Waals surface area contributed by atoms with Crippen LogP contribution in [0.25, 0.3) is 5.69 Å². The van der Waals surface area contributed by atoms with Gasteiger partial charge in [0.05, 0.1) is 11.4 Å². The van der Waals surface area contributed by atoms with Crippen LogP contribution in [0.5, 0.6) is 0 Å². The third-order valence-electron chi connectivity index (χ3n) is 4.06. The zero-order valence-corrected chi connectivity index (χ0v) is 13.9. The molecule has 1 aromatic heterocycles. The average molecular weight is 371 g/mol. The van der Waals surface area contributed by atoms with Gasteiger partial charge in [-0.3, -0.25) is 0 Å². The molecule has 0 spiro atoms. The van der Waals surface area contributed by atoms with E-state index >= 15 is 0 Å². The molecule has 1 aliphatic rings. The molecule has 1 heterocycles. The molecule has 25 heavy (non-hydrogen) atoms. The quantitative estimate of drug-likeness (QED) is 0.841. The summed E-state index contributed by atoms with van der Waals surface area (Å²) in [6, 6.07) is 6.60. The van der Waals surface area contributed by atoms with Gasteiger partial charge in [-0.2, -0.15) is 18.3 Å². The normalized spacial score (nSPS) is 18.5. The van der Waals surface area contributed by atoms with E-state index in [1.165, 1.54) is 24.3 Å². The molecule has 0 radical (unpaired) electrons. The molecule has 0 fully saturated rings. The van der Waals surface area contributed by atoms with Crippen molar-refractivity contribution in [3.8, 4) is 5.69 Å². The van der Waals surface area contributed by atoms with Crippen LogP contribution in [0.3, 0.4) is 0 Å². The Balaban J connectivity index is 2.24. The fraction of sp³-hybridized carbons (Fsp3) is 0.312. The summed E-state index contributed by atoms with van der Waals surface area (Å²) in [4.78, 5) is -0.270. The van der Waals surface area contributed by atoms with E-state index in [4.69, 9.17) is 5.14 Å². The first-order valence-electron chi connectivity index (χ1n) is 7.64. The fourth-order valence-electron chi connectivity index (χ4n) is 2.92. The Labute approximate surface area is 143 Å². The van der Waals surface area contributed by atoms with Crippen molar-refractivity contribution in [2.24, 2.45) is 5.14 Å². The van der Waals surface area contributed by atoms with Crippen LogP contribution in [-0.2, 0) is 16.2 Å². The number of rotatable bonds is 3. The zero-order valence-electron chi connectivity index (χ0n) is 13.1. The van der Waals surface area contributed by atoms with E-state index in [1.54, 1.807) is 0 Å². The molecule has 9 heteroatoms. The molecule has 0 bridgehead atoms. The lowest BCUT2D eigenvalue weighted by atomic mass is 9.92. The highest BCUT2D eigenvalue weighted by Gasteiger charge is 2.36. The zero-order chi connectivity index (χ0) is 18.2. The number of alkyl halides is 3. The van der Waals surface area contributed by atoms with E-state index < -0.39 is 21.9 Å². The number of hydrogen-bond donors (Lipinski definition) is 1. The SMILES string of the molecule is NS(=O)(=O)c1ccccc1-n1nc(C(F)(F)F)cc1C1C=CCCC1. The summed E-state index contributed by atoms with van der Waals surface area (Å²) >= 11 is 0. The van der Waals surface area contributed by atoms with Gasteiger partial charge in [0.25, 0.3) is 0 Å². The number of aromatic nitrogens is 2. The number of nitrogens with zero attached hydrogens (tertiary/aromatic N) is 2. The van der Waals surface area contributed by atoms with E-state index in [2.05, 4.69) is 5.10 Å². The Kier molecular flexibility index (Phi) is 4.46. The molecule has 0 saturated heterocycles. The first-order valence-corrected chi connectivity index (χ1v) is 9.18. The molecular weight excluding hydrogens is 355 g/mol. The number of halogens is 3. The molecule has 3 rings (SSSR count). The molecule has 0 amide bonds. The van der Waals surface area contributed by atoms with Crippen molar-refractivity contribution in [3.63, 3.8) is 0 Å². The van der Waals surface area contributed by atoms with Gasteiger partial charge in [0.1, 0.15) is 4.90 Å². The lowest BCUT2D eigenvalue weighted by Gasteiger charge is -2.19. The molecular formula is C16H16F3N3O2S. The minimum absolute atomic E-state index is 0.00877.